The standard InChI is InChI=1S/C14H20N2O4/c1-10(17)20-9-11-4-5-12(15-2)8-13(11)14(18)16-6-7-19-3/h4-5,8,15H,6-7,9H2,1-3H3,(H,16,18). The summed E-state index contributed by atoms with van der Waals surface area (Å²) < 4.78 is 9.84. The lowest BCUT2D eigenvalue weighted by molar-refractivity contribution is -0.142. The predicted octanol–water partition coefficient (Wildman–Crippen LogP) is 1.17. The Kier molecular flexibility index (Phi) is 6.52. The van der Waals surface area contributed by atoms with Crippen molar-refractivity contribution in [2.24, 2.45) is 0 Å². The van der Waals surface area contributed by atoms with Crippen molar-refractivity contribution >= 4 is 17.6 Å². The molecule has 0 radical (unpaired) electrons. The van der Waals surface area contributed by atoms with Crippen LogP contribution in [0.2, 0.25) is 0 Å². The molecule has 0 fully saturated rings. The van der Waals surface area contributed by atoms with Crippen LogP contribution in [0.5, 0.6) is 0 Å². The summed E-state index contributed by atoms with van der Waals surface area (Å²) in [4.78, 5) is 23.0. The van der Waals surface area contributed by atoms with E-state index in [1.54, 1.807) is 26.3 Å². The summed E-state index contributed by atoms with van der Waals surface area (Å²) >= 11 is 0. The first-order valence-electron chi connectivity index (χ1n) is 6.29. The number of hydrogen-bond acceptors (Lipinski definition) is 5. The number of amides is 1. The summed E-state index contributed by atoms with van der Waals surface area (Å²) in [5.74, 6) is -0.602. The smallest absolute Gasteiger partial charge is 0.302 e. The Bertz CT molecular complexity index is 474. The summed E-state index contributed by atoms with van der Waals surface area (Å²) in [6.07, 6.45) is 0. The van der Waals surface area contributed by atoms with E-state index < -0.39 is 0 Å². The average Bonchev–Trinajstić information content (AvgIpc) is 2.45. The molecule has 0 aliphatic rings. The van der Waals surface area contributed by atoms with Crippen LogP contribution in [0.1, 0.15) is 22.8 Å². The van der Waals surface area contributed by atoms with Crippen LogP contribution in [-0.2, 0) is 20.9 Å². The van der Waals surface area contributed by atoms with E-state index in [0.717, 1.165) is 5.69 Å². The van der Waals surface area contributed by atoms with E-state index in [-0.39, 0.29) is 18.5 Å². The van der Waals surface area contributed by atoms with Gasteiger partial charge in [0, 0.05) is 44.4 Å². The zero-order chi connectivity index (χ0) is 15.0. The third-order valence-electron chi connectivity index (χ3n) is 2.67. The van der Waals surface area contributed by atoms with Gasteiger partial charge in [-0.3, -0.25) is 9.59 Å². The number of nitrogens with one attached hydrogen (secondary N) is 2. The van der Waals surface area contributed by atoms with Crippen molar-refractivity contribution in [3.63, 3.8) is 0 Å². The third-order valence-corrected chi connectivity index (χ3v) is 2.67. The van der Waals surface area contributed by atoms with Crippen molar-refractivity contribution in [2.75, 3.05) is 32.6 Å². The molecule has 6 nitrogen and oxygen atoms in total. The predicted molar refractivity (Wildman–Crippen MR) is 75.7 cm³/mol. The van der Waals surface area contributed by atoms with Crippen LogP contribution in [0.3, 0.4) is 0 Å². The van der Waals surface area contributed by atoms with Crippen LogP contribution < -0.4 is 10.6 Å². The fourth-order valence-electron chi connectivity index (χ4n) is 1.61. The van der Waals surface area contributed by atoms with Crippen molar-refractivity contribution in [3.05, 3.63) is 29.3 Å². The number of ether oxygens (including phenoxy) is 2. The second-order valence-corrected chi connectivity index (χ2v) is 4.15. The molecule has 0 heterocycles. The lowest BCUT2D eigenvalue weighted by atomic mass is 10.1. The lowest BCUT2D eigenvalue weighted by Crippen LogP contribution is -2.28. The van der Waals surface area contributed by atoms with Gasteiger partial charge in [0.15, 0.2) is 0 Å². The highest BCUT2D eigenvalue weighted by Gasteiger charge is 2.13. The molecule has 1 aromatic carbocycles. The van der Waals surface area contributed by atoms with Gasteiger partial charge in [-0.2, -0.15) is 0 Å². The minimum atomic E-state index is -0.381. The Morgan fingerprint density at radius 3 is 2.65 bits per heavy atom. The zero-order valence-corrected chi connectivity index (χ0v) is 12.0. The van der Waals surface area contributed by atoms with E-state index in [2.05, 4.69) is 10.6 Å². The summed E-state index contributed by atoms with van der Waals surface area (Å²) in [6, 6.07) is 5.31. The molecule has 1 rings (SSSR count). The summed E-state index contributed by atoms with van der Waals surface area (Å²) in [5.41, 5.74) is 1.96. The molecule has 2 N–H and O–H groups in total. The molecule has 0 aliphatic carbocycles. The number of methoxy groups -OCH3 is 1. The molecule has 6 heteroatoms. The van der Waals surface area contributed by atoms with Gasteiger partial charge in [0.05, 0.1) is 6.61 Å². The molecule has 0 aliphatic heterocycles. The Morgan fingerprint density at radius 2 is 2.05 bits per heavy atom. The van der Waals surface area contributed by atoms with E-state index in [0.29, 0.717) is 24.3 Å². The van der Waals surface area contributed by atoms with E-state index in [4.69, 9.17) is 9.47 Å². The molecule has 0 spiro atoms. The van der Waals surface area contributed by atoms with E-state index in [1.807, 2.05) is 6.07 Å². The van der Waals surface area contributed by atoms with Gasteiger partial charge in [0.2, 0.25) is 0 Å². The van der Waals surface area contributed by atoms with Crippen molar-refractivity contribution in [2.45, 2.75) is 13.5 Å². The van der Waals surface area contributed by atoms with Gasteiger partial charge in [0.1, 0.15) is 6.61 Å². The van der Waals surface area contributed by atoms with Gasteiger partial charge in [-0.15, -0.1) is 0 Å². The van der Waals surface area contributed by atoms with Gasteiger partial charge in [0.25, 0.3) is 5.91 Å². The van der Waals surface area contributed by atoms with Crippen molar-refractivity contribution in [3.8, 4) is 0 Å². The molecule has 20 heavy (non-hydrogen) atoms. The van der Waals surface area contributed by atoms with Crippen LogP contribution in [0, 0.1) is 0 Å². The number of anilines is 1. The summed E-state index contributed by atoms with van der Waals surface area (Å²) in [7, 11) is 3.34. The number of carbonyl (C=O) groups excluding carboxylic acids is 2. The molecule has 110 valence electrons. The SMILES string of the molecule is CNc1ccc(COC(C)=O)c(C(=O)NCCOC)c1. The van der Waals surface area contributed by atoms with Crippen molar-refractivity contribution in [1.29, 1.82) is 0 Å². The highest BCUT2D eigenvalue weighted by atomic mass is 16.5. The van der Waals surface area contributed by atoms with E-state index in [1.165, 1.54) is 6.92 Å². The number of benzene rings is 1. The Balaban J connectivity index is 2.87. The van der Waals surface area contributed by atoms with Gasteiger partial charge in [-0.05, 0) is 12.1 Å². The second kappa shape index (κ2) is 8.16. The van der Waals surface area contributed by atoms with Crippen molar-refractivity contribution in [1.82, 2.24) is 5.32 Å². The first-order valence-corrected chi connectivity index (χ1v) is 6.29. The molecule has 0 aromatic heterocycles. The van der Waals surface area contributed by atoms with Crippen LogP contribution in [-0.4, -0.2) is 39.2 Å². The molecule has 0 saturated heterocycles. The molecule has 0 saturated carbocycles. The fourth-order valence-corrected chi connectivity index (χ4v) is 1.61. The number of hydrogen-bond donors (Lipinski definition) is 2. The van der Waals surface area contributed by atoms with Crippen LogP contribution in [0.25, 0.3) is 0 Å². The van der Waals surface area contributed by atoms with Gasteiger partial charge in [-0.25, -0.2) is 0 Å². The van der Waals surface area contributed by atoms with Gasteiger partial charge < -0.3 is 20.1 Å². The maximum absolute atomic E-state index is 12.1. The van der Waals surface area contributed by atoms with E-state index in [9.17, 15) is 9.59 Å². The first kappa shape index (κ1) is 16.0. The van der Waals surface area contributed by atoms with Crippen LogP contribution in [0.15, 0.2) is 18.2 Å². The molecule has 0 bridgehead atoms. The maximum atomic E-state index is 12.1. The zero-order valence-electron chi connectivity index (χ0n) is 12.0. The number of esters is 1. The maximum Gasteiger partial charge on any atom is 0.302 e. The number of carbonyl (C=O) groups is 2. The summed E-state index contributed by atoms with van der Waals surface area (Å²) in [5, 5.41) is 5.72. The monoisotopic (exact) mass is 280 g/mol. The molecular weight excluding hydrogens is 260 g/mol. The Morgan fingerprint density at radius 1 is 1.30 bits per heavy atom. The van der Waals surface area contributed by atoms with Crippen LogP contribution in [0.4, 0.5) is 5.69 Å². The minimum Gasteiger partial charge on any atom is -0.461 e. The molecular formula is C14H20N2O4. The normalized spacial score (nSPS) is 9.95. The van der Waals surface area contributed by atoms with Gasteiger partial charge >= 0.3 is 5.97 Å². The topological polar surface area (TPSA) is 76.7 Å². The quantitative estimate of drug-likeness (QED) is 0.579. The Labute approximate surface area is 118 Å². The first-order chi connectivity index (χ1) is 9.58. The van der Waals surface area contributed by atoms with Gasteiger partial charge in [-0.1, -0.05) is 6.07 Å². The van der Waals surface area contributed by atoms with Crippen molar-refractivity contribution < 1.29 is 19.1 Å². The molecule has 0 atom stereocenters. The second-order valence-electron chi connectivity index (χ2n) is 4.15. The van der Waals surface area contributed by atoms with E-state index >= 15 is 0 Å². The molecule has 1 aromatic rings. The highest BCUT2D eigenvalue weighted by Crippen LogP contribution is 2.17. The highest BCUT2D eigenvalue weighted by molar-refractivity contribution is 5.96. The Hall–Kier alpha value is -2.08. The number of rotatable bonds is 7. The average molecular weight is 280 g/mol. The summed E-state index contributed by atoms with van der Waals surface area (Å²) in [6.45, 7) is 2.27. The van der Waals surface area contributed by atoms with Crippen LogP contribution >= 0.6 is 0 Å². The largest absolute Gasteiger partial charge is 0.461 e. The fraction of sp³-hybridized carbons (Fsp3) is 0.429. The third kappa shape index (κ3) is 4.89. The minimum absolute atomic E-state index is 0.0758. The molecule has 0 unspecified atom stereocenters. The lowest BCUT2D eigenvalue weighted by Gasteiger charge is -2.12. The molecule has 1 amide bonds.